The minimum Gasteiger partial charge on any atom is -0.378 e. The Bertz CT molecular complexity index is 793. The molecule has 1 atom stereocenters. The van der Waals surface area contributed by atoms with Crippen LogP contribution in [0.5, 0.6) is 0 Å². The predicted molar refractivity (Wildman–Crippen MR) is 111 cm³/mol. The average Bonchev–Trinajstić information content (AvgIpc) is 3.51. The molecule has 0 bridgehead atoms. The number of hydrogen-bond donors (Lipinski definition) is 2. The van der Waals surface area contributed by atoms with E-state index in [9.17, 15) is 13.2 Å². The van der Waals surface area contributed by atoms with Crippen molar-refractivity contribution in [3.63, 3.8) is 0 Å². The number of amides is 1. The Morgan fingerprint density at radius 1 is 1.32 bits per heavy atom. The molecule has 2 aliphatic rings. The third-order valence-electron chi connectivity index (χ3n) is 5.07. The van der Waals surface area contributed by atoms with Gasteiger partial charge in [0, 0.05) is 45.5 Å². The van der Waals surface area contributed by atoms with Crippen LogP contribution in [0.15, 0.2) is 23.1 Å². The maximum absolute atomic E-state index is 12.9. The van der Waals surface area contributed by atoms with Crippen LogP contribution in [-0.2, 0) is 14.8 Å². The summed E-state index contributed by atoms with van der Waals surface area (Å²) in [6, 6.07) is 4.65. The number of rotatable bonds is 7. The first-order chi connectivity index (χ1) is 12.8. The van der Waals surface area contributed by atoms with E-state index in [1.54, 1.807) is 12.1 Å². The van der Waals surface area contributed by atoms with Crippen LogP contribution in [0.4, 0.5) is 5.69 Å². The van der Waals surface area contributed by atoms with Gasteiger partial charge in [-0.15, -0.1) is 12.4 Å². The van der Waals surface area contributed by atoms with E-state index < -0.39 is 10.0 Å². The molecule has 10 heteroatoms. The lowest BCUT2D eigenvalue weighted by Crippen LogP contribution is -2.40. The maximum atomic E-state index is 12.9. The number of halogens is 1. The molecule has 1 saturated heterocycles. The van der Waals surface area contributed by atoms with Gasteiger partial charge in [0.25, 0.3) is 5.91 Å². The highest BCUT2D eigenvalue weighted by Gasteiger charge is 2.29. The van der Waals surface area contributed by atoms with Crippen LogP contribution in [0.2, 0.25) is 0 Å². The smallest absolute Gasteiger partial charge is 0.253 e. The van der Waals surface area contributed by atoms with Crippen molar-refractivity contribution in [3.05, 3.63) is 23.8 Å². The Balaban J connectivity index is 0.00000280. The first kappa shape index (κ1) is 22.9. The standard InChI is InChI=1S/C18H28N4O4S.ClH/c1-21(2)27(24,25)14-5-6-17(22-7-9-26-10-8-22)15(11-14)18(23)20-12-16(19)13-3-4-13;/h5-6,11,13,16H,3-4,7-10,12,19H2,1-2H3,(H,20,23);1H. The summed E-state index contributed by atoms with van der Waals surface area (Å²) in [5, 5.41) is 2.88. The van der Waals surface area contributed by atoms with Gasteiger partial charge in [-0.3, -0.25) is 4.79 Å². The monoisotopic (exact) mass is 432 g/mol. The van der Waals surface area contributed by atoms with E-state index >= 15 is 0 Å². The zero-order valence-electron chi connectivity index (χ0n) is 16.3. The average molecular weight is 433 g/mol. The third-order valence-corrected chi connectivity index (χ3v) is 6.88. The Kier molecular flexibility index (Phi) is 7.69. The van der Waals surface area contributed by atoms with Crippen LogP contribution < -0.4 is 16.0 Å². The summed E-state index contributed by atoms with van der Waals surface area (Å²) in [5.41, 5.74) is 7.15. The molecule has 1 aliphatic heterocycles. The van der Waals surface area contributed by atoms with Crippen LogP contribution in [0.3, 0.4) is 0 Å². The van der Waals surface area contributed by atoms with Crippen LogP contribution in [0.1, 0.15) is 23.2 Å². The normalized spacial score (nSPS) is 18.5. The molecule has 158 valence electrons. The fraction of sp³-hybridized carbons (Fsp3) is 0.611. The number of hydrogen-bond acceptors (Lipinski definition) is 6. The van der Waals surface area contributed by atoms with Gasteiger partial charge in [-0.05, 0) is 37.0 Å². The molecule has 1 aromatic carbocycles. The number of carbonyl (C=O) groups excluding carboxylic acids is 1. The summed E-state index contributed by atoms with van der Waals surface area (Å²) in [6.45, 7) is 2.84. The predicted octanol–water partition coefficient (Wildman–Crippen LogP) is 0.662. The number of anilines is 1. The molecular weight excluding hydrogens is 404 g/mol. The van der Waals surface area contributed by atoms with Gasteiger partial charge in [-0.25, -0.2) is 12.7 Å². The van der Waals surface area contributed by atoms with Crippen molar-refractivity contribution in [2.75, 3.05) is 51.8 Å². The Hall–Kier alpha value is -1.39. The molecule has 3 N–H and O–H groups in total. The van der Waals surface area contributed by atoms with Crippen molar-refractivity contribution in [2.45, 2.75) is 23.8 Å². The summed E-state index contributed by atoms with van der Waals surface area (Å²) < 4.78 is 31.5. The van der Waals surface area contributed by atoms with E-state index in [1.807, 2.05) is 4.90 Å². The van der Waals surface area contributed by atoms with Gasteiger partial charge in [0.05, 0.1) is 23.7 Å². The lowest BCUT2D eigenvalue weighted by molar-refractivity contribution is 0.0948. The van der Waals surface area contributed by atoms with Crippen LogP contribution in [0, 0.1) is 5.92 Å². The van der Waals surface area contributed by atoms with Gasteiger partial charge < -0.3 is 20.7 Å². The van der Waals surface area contributed by atoms with Gasteiger partial charge in [-0.1, -0.05) is 0 Å². The quantitative estimate of drug-likeness (QED) is 0.655. The van der Waals surface area contributed by atoms with E-state index in [-0.39, 0.29) is 29.3 Å². The van der Waals surface area contributed by atoms with Gasteiger partial charge in [0.1, 0.15) is 0 Å². The molecule has 1 aromatic rings. The van der Waals surface area contributed by atoms with Crippen LogP contribution in [0.25, 0.3) is 0 Å². The summed E-state index contributed by atoms with van der Waals surface area (Å²) >= 11 is 0. The van der Waals surface area contributed by atoms with E-state index in [1.165, 1.54) is 20.2 Å². The fourth-order valence-electron chi connectivity index (χ4n) is 3.15. The van der Waals surface area contributed by atoms with Crippen molar-refractivity contribution in [2.24, 2.45) is 11.7 Å². The molecule has 1 amide bonds. The minimum atomic E-state index is -3.63. The van der Waals surface area contributed by atoms with E-state index in [0.717, 1.165) is 17.1 Å². The molecule has 0 spiro atoms. The first-order valence-corrected chi connectivity index (χ1v) is 10.7. The Labute approximate surface area is 172 Å². The second kappa shape index (κ2) is 9.41. The molecule has 1 aliphatic carbocycles. The number of nitrogens with zero attached hydrogens (tertiary/aromatic N) is 2. The zero-order chi connectivity index (χ0) is 19.6. The third kappa shape index (κ3) is 5.15. The van der Waals surface area contributed by atoms with Crippen molar-refractivity contribution in [1.82, 2.24) is 9.62 Å². The van der Waals surface area contributed by atoms with Gasteiger partial charge in [0.15, 0.2) is 0 Å². The summed E-state index contributed by atoms with van der Waals surface area (Å²) in [4.78, 5) is 15.0. The second-order valence-electron chi connectivity index (χ2n) is 7.28. The fourth-order valence-corrected chi connectivity index (χ4v) is 4.07. The first-order valence-electron chi connectivity index (χ1n) is 9.23. The largest absolute Gasteiger partial charge is 0.378 e. The lowest BCUT2D eigenvalue weighted by Gasteiger charge is -2.30. The molecule has 28 heavy (non-hydrogen) atoms. The number of nitrogens with two attached hydrogens (primary N) is 1. The number of ether oxygens (including phenoxy) is 1. The zero-order valence-corrected chi connectivity index (χ0v) is 17.9. The number of morpholine rings is 1. The highest BCUT2D eigenvalue weighted by atomic mass is 35.5. The van der Waals surface area contributed by atoms with E-state index in [2.05, 4.69) is 5.32 Å². The molecule has 2 fully saturated rings. The van der Waals surface area contributed by atoms with E-state index in [0.29, 0.717) is 50.0 Å². The second-order valence-corrected chi connectivity index (χ2v) is 9.43. The van der Waals surface area contributed by atoms with E-state index in [4.69, 9.17) is 10.5 Å². The summed E-state index contributed by atoms with van der Waals surface area (Å²) in [5.74, 6) is 0.174. The molecule has 0 radical (unpaired) electrons. The van der Waals surface area contributed by atoms with Gasteiger partial charge in [-0.2, -0.15) is 0 Å². The molecule has 1 unspecified atom stereocenters. The highest BCUT2D eigenvalue weighted by molar-refractivity contribution is 7.89. The van der Waals surface area contributed by atoms with Gasteiger partial charge >= 0.3 is 0 Å². The van der Waals surface area contributed by atoms with Gasteiger partial charge in [0.2, 0.25) is 10.0 Å². The molecular formula is C18H29ClN4O4S. The Morgan fingerprint density at radius 3 is 2.54 bits per heavy atom. The SMILES string of the molecule is CN(C)S(=O)(=O)c1ccc(N2CCOCC2)c(C(=O)NCC(N)C2CC2)c1.Cl. The number of carbonyl (C=O) groups is 1. The van der Waals surface area contributed by atoms with Crippen LogP contribution >= 0.6 is 12.4 Å². The number of benzene rings is 1. The Morgan fingerprint density at radius 2 is 1.96 bits per heavy atom. The minimum absolute atomic E-state index is 0. The summed E-state index contributed by atoms with van der Waals surface area (Å²) in [6.07, 6.45) is 2.21. The molecule has 8 nitrogen and oxygen atoms in total. The molecule has 1 heterocycles. The maximum Gasteiger partial charge on any atom is 0.253 e. The molecule has 3 rings (SSSR count). The van der Waals surface area contributed by atoms with Crippen molar-refractivity contribution >= 4 is 34.0 Å². The lowest BCUT2D eigenvalue weighted by atomic mass is 10.1. The molecule has 0 aromatic heterocycles. The summed E-state index contributed by atoms with van der Waals surface area (Å²) in [7, 11) is -0.686. The van der Waals surface area contributed by atoms with Crippen molar-refractivity contribution in [3.8, 4) is 0 Å². The molecule has 1 saturated carbocycles. The van der Waals surface area contributed by atoms with Crippen molar-refractivity contribution < 1.29 is 17.9 Å². The van der Waals surface area contributed by atoms with Crippen LogP contribution in [-0.4, -0.2) is 71.6 Å². The highest BCUT2D eigenvalue weighted by Crippen LogP contribution is 2.31. The van der Waals surface area contributed by atoms with Crippen molar-refractivity contribution in [1.29, 1.82) is 0 Å². The number of nitrogens with one attached hydrogen (secondary N) is 1. The number of sulfonamides is 1. The topological polar surface area (TPSA) is 105 Å².